The number of aliphatic hydroxyl groups is 4. The molecule has 1 aliphatic rings. The Bertz CT molecular complexity index is 984. The first-order valence-electron chi connectivity index (χ1n) is 8.98. The van der Waals surface area contributed by atoms with E-state index in [4.69, 9.17) is 15.2 Å². The maximum absolute atomic E-state index is 10.3. The summed E-state index contributed by atoms with van der Waals surface area (Å²) in [4.78, 5) is 12.4. The molecule has 0 saturated carbocycles. The number of anilines is 1. The SMILES string of the molecule is Nc1nc(OC[C@@H](O)c2ccccc2)nc2c1ncn2[C@@H]1O[C@H](CO)[C@@H](O)[C@H]1O. The molecule has 1 fully saturated rings. The molecular formula is C18H21N5O6. The minimum absolute atomic E-state index is 0.0460. The van der Waals surface area contributed by atoms with Gasteiger partial charge < -0.3 is 35.6 Å². The molecule has 11 heteroatoms. The molecule has 3 heterocycles. The molecule has 154 valence electrons. The van der Waals surface area contributed by atoms with Crippen molar-refractivity contribution in [1.82, 2.24) is 19.5 Å². The lowest BCUT2D eigenvalue weighted by Gasteiger charge is -2.17. The Morgan fingerprint density at radius 3 is 2.62 bits per heavy atom. The highest BCUT2D eigenvalue weighted by atomic mass is 16.6. The molecule has 1 saturated heterocycles. The van der Waals surface area contributed by atoms with Gasteiger partial charge >= 0.3 is 6.01 Å². The molecular weight excluding hydrogens is 382 g/mol. The Balaban J connectivity index is 1.59. The van der Waals surface area contributed by atoms with Gasteiger partial charge in [0.2, 0.25) is 0 Å². The number of nitrogens with two attached hydrogens (primary N) is 1. The van der Waals surface area contributed by atoms with Gasteiger partial charge in [0, 0.05) is 0 Å². The van der Waals surface area contributed by atoms with Crippen molar-refractivity contribution in [1.29, 1.82) is 0 Å². The molecule has 2 aromatic heterocycles. The van der Waals surface area contributed by atoms with Crippen molar-refractivity contribution in [2.45, 2.75) is 30.6 Å². The summed E-state index contributed by atoms with van der Waals surface area (Å²) in [5.41, 5.74) is 7.10. The van der Waals surface area contributed by atoms with E-state index in [1.165, 1.54) is 10.9 Å². The van der Waals surface area contributed by atoms with Gasteiger partial charge in [-0.2, -0.15) is 9.97 Å². The van der Waals surface area contributed by atoms with Crippen LogP contribution < -0.4 is 10.5 Å². The lowest BCUT2D eigenvalue weighted by molar-refractivity contribution is -0.0511. The number of benzene rings is 1. The maximum Gasteiger partial charge on any atom is 0.320 e. The third kappa shape index (κ3) is 3.61. The van der Waals surface area contributed by atoms with Crippen molar-refractivity contribution in [2.75, 3.05) is 18.9 Å². The van der Waals surface area contributed by atoms with Crippen LogP contribution in [-0.2, 0) is 4.74 Å². The van der Waals surface area contributed by atoms with Crippen LogP contribution >= 0.6 is 0 Å². The highest BCUT2D eigenvalue weighted by Gasteiger charge is 2.44. The van der Waals surface area contributed by atoms with E-state index in [2.05, 4.69) is 15.0 Å². The van der Waals surface area contributed by atoms with Crippen LogP contribution in [0, 0.1) is 0 Å². The van der Waals surface area contributed by atoms with Gasteiger partial charge in [0.25, 0.3) is 0 Å². The van der Waals surface area contributed by atoms with E-state index < -0.39 is 37.3 Å². The largest absolute Gasteiger partial charge is 0.460 e. The Hall–Kier alpha value is -2.83. The van der Waals surface area contributed by atoms with Crippen molar-refractivity contribution in [3.8, 4) is 6.01 Å². The Kier molecular flexibility index (Phi) is 5.30. The van der Waals surface area contributed by atoms with E-state index in [9.17, 15) is 20.4 Å². The summed E-state index contributed by atoms with van der Waals surface area (Å²) in [6.07, 6.45) is -4.07. The van der Waals surface area contributed by atoms with E-state index in [1.807, 2.05) is 6.07 Å². The van der Waals surface area contributed by atoms with Crippen LogP contribution in [0.15, 0.2) is 36.7 Å². The number of nitrogen functional groups attached to an aromatic ring is 1. The number of rotatable bonds is 6. The highest BCUT2D eigenvalue weighted by Crippen LogP contribution is 2.32. The van der Waals surface area contributed by atoms with Gasteiger partial charge in [0.05, 0.1) is 12.9 Å². The first-order valence-corrected chi connectivity index (χ1v) is 8.98. The second-order valence-electron chi connectivity index (χ2n) is 6.68. The Morgan fingerprint density at radius 1 is 1.17 bits per heavy atom. The lowest BCUT2D eigenvalue weighted by Crippen LogP contribution is -2.33. The quantitative estimate of drug-likeness (QED) is 0.349. The molecule has 4 rings (SSSR count). The van der Waals surface area contributed by atoms with Crippen LogP contribution in [0.3, 0.4) is 0 Å². The van der Waals surface area contributed by atoms with Gasteiger partial charge in [-0.1, -0.05) is 30.3 Å². The predicted molar refractivity (Wildman–Crippen MR) is 99.6 cm³/mol. The van der Waals surface area contributed by atoms with Crippen LogP contribution in [0.2, 0.25) is 0 Å². The average molecular weight is 403 g/mol. The highest BCUT2D eigenvalue weighted by molar-refractivity contribution is 5.82. The number of fused-ring (bicyclic) bond motifs is 1. The number of aliphatic hydroxyl groups excluding tert-OH is 4. The Morgan fingerprint density at radius 2 is 1.93 bits per heavy atom. The first kappa shape index (κ1) is 19.5. The molecule has 3 aromatic rings. The molecule has 0 bridgehead atoms. The van der Waals surface area contributed by atoms with Crippen LogP contribution in [0.5, 0.6) is 6.01 Å². The van der Waals surface area contributed by atoms with Gasteiger partial charge in [0.1, 0.15) is 31.0 Å². The average Bonchev–Trinajstić information content (AvgIpc) is 3.28. The predicted octanol–water partition coefficient (Wildman–Crippen LogP) is -0.868. The molecule has 1 aliphatic heterocycles. The van der Waals surface area contributed by atoms with Crippen molar-refractivity contribution < 1.29 is 29.9 Å². The fraction of sp³-hybridized carbons (Fsp3) is 0.389. The summed E-state index contributed by atoms with van der Waals surface area (Å²) >= 11 is 0. The molecule has 0 spiro atoms. The fourth-order valence-electron chi connectivity index (χ4n) is 3.20. The first-order chi connectivity index (χ1) is 14.0. The molecule has 29 heavy (non-hydrogen) atoms. The summed E-state index contributed by atoms with van der Waals surface area (Å²) in [7, 11) is 0. The van der Waals surface area contributed by atoms with Crippen molar-refractivity contribution >= 4 is 17.0 Å². The van der Waals surface area contributed by atoms with E-state index in [1.54, 1.807) is 24.3 Å². The molecule has 11 nitrogen and oxygen atoms in total. The van der Waals surface area contributed by atoms with Gasteiger partial charge in [-0.25, -0.2) is 4.98 Å². The van der Waals surface area contributed by atoms with E-state index >= 15 is 0 Å². The van der Waals surface area contributed by atoms with Crippen LogP contribution in [0.25, 0.3) is 11.2 Å². The van der Waals surface area contributed by atoms with Crippen LogP contribution in [0.4, 0.5) is 5.82 Å². The molecule has 1 aromatic carbocycles. The standard InChI is InChI=1S/C18H21N5O6/c19-15-12-16(23(8-20-12)17-14(27)13(26)11(6-24)29-17)22-18(21-15)28-7-10(25)9-4-2-1-3-5-9/h1-5,8,10-11,13-14,17,24-27H,6-7H2,(H2,19,21,22)/t10-,11-,13-,14-,17-/m1/s1. The maximum atomic E-state index is 10.3. The summed E-state index contributed by atoms with van der Waals surface area (Å²) in [5, 5.41) is 39.8. The normalized spacial score (nSPS) is 25.4. The van der Waals surface area contributed by atoms with Crippen LogP contribution in [-0.4, -0.2) is 71.5 Å². The third-order valence-electron chi connectivity index (χ3n) is 4.77. The molecule has 0 aliphatic carbocycles. The van der Waals surface area contributed by atoms with Gasteiger partial charge in [-0.05, 0) is 5.56 Å². The minimum Gasteiger partial charge on any atom is -0.460 e. The van der Waals surface area contributed by atoms with E-state index in [0.29, 0.717) is 5.56 Å². The van der Waals surface area contributed by atoms with E-state index in [0.717, 1.165) is 0 Å². The summed E-state index contributed by atoms with van der Waals surface area (Å²) in [6.45, 7) is -0.554. The number of nitrogens with zero attached hydrogens (tertiary/aromatic N) is 4. The Labute approximate surface area is 165 Å². The second-order valence-corrected chi connectivity index (χ2v) is 6.68. The molecule has 0 radical (unpaired) electrons. The number of hydrogen-bond acceptors (Lipinski definition) is 10. The van der Waals surface area contributed by atoms with Gasteiger partial charge in [-0.3, -0.25) is 4.57 Å². The lowest BCUT2D eigenvalue weighted by atomic mass is 10.1. The van der Waals surface area contributed by atoms with Crippen molar-refractivity contribution in [3.63, 3.8) is 0 Å². The summed E-state index contributed by atoms with van der Waals surface area (Å²) < 4.78 is 12.4. The second kappa shape index (κ2) is 7.89. The van der Waals surface area contributed by atoms with E-state index in [-0.39, 0.29) is 29.6 Å². The fourth-order valence-corrected chi connectivity index (χ4v) is 3.20. The smallest absolute Gasteiger partial charge is 0.320 e. The number of hydrogen-bond donors (Lipinski definition) is 5. The third-order valence-corrected chi connectivity index (χ3v) is 4.77. The zero-order chi connectivity index (χ0) is 20.5. The van der Waals surface area contributed by atoms with Crippen LogP contribution in [0.1, 0.15) is 17.9 Å². The number of ether oxygens (including phenoxy) is 2. The van der Waals surface area contributed by atoms with Crippen molar-refractivity contribution in [2.24, 2.45) is 0 Å². The van der Waals surface area contributed by atoms with Crippen molar-refractivity contribution in [3.05, 3.63) is 42.2 Å². The number of imidazole rings is 1. The topological polar surface area (TPSA) is 169 Å². The molecule has 0 unspecified atom stereocenters. The van der Waals surface area contributed by atoms with Gasteiger partial charge in [-0.15, -0.1) is 0 Å². The molecule has 5 atom stereocenters. The summed E-state index contributed by atoms with van der Waals surface area (Å²) in [6, 6.07) is 8.90. The van der Waals surface area contributed by atoms with Gasteiger partial charge in [0.15, 0.2) is 23.2 Å². The molecule has 6 N–H and O–H groups in total. The zero-order valence-electron chi connectivity index (χ0n) is 15.2. The molecule has 0 amide bonds. The zero-order valence-corrected chi connectivity index (χ0v) is 15.2. The number of aromatic nitrogens is 4. The summed E-state index contributed by atoms with van der Waals surface area (Å²) in [5.74, 6) is 0.0460. The minimum atomic E-state index is -1.30. The monoisotopic (exact) mass is 403 g/mol.